The lowest BCUT2D eigenvalue weighted by Gasteiger charge is -1.92. The van der Waals surface area contributed by atoms with Crippen molar-refractivity contribution in [1.82, 2.24) is 4.98 Å². The van der Waals surface area contributed by atoms with Crippen molar-refractivity contribution in [2.24, 2.45) is 0 Å². The standard InChI is InChI=1S/C13H6ClNS2/c14-13-15-8-5-6-10-11(12(8)17-13)7-3-1-2-4-9(7)16-10/h1-6H. The Morgan fingerprint density at radius 1 is 0.941 bits per heavy atom. The summed E-state index contributed by atoms with van der Waals surface area (Å²) in [4.78, 5) is 4.34. The van der Waals surface area contributed by atoms with Crippen LogP contribution >= 0.6 is 34.3 Å². The first-order valence-corrected chi connectivity index (χ1v) is 7.20. The highest BCUT2D eigenvalue weighted by Gasteiger charge is 2.11. The quantitative estimate of drug-likeness (QED) is 0.423. The molecule has 2 aromatic carbocycles. The molecule has 0 unspecified atom stereocenters. The van der Waals surface area contributed by atoms with Gasteiger partial charge in [-0.15, -0.1) is 22.7 Å². The maximum absolute atomic E-state index is 6.01. The minimum atomic E-state index is 0.614. The van der Waals surface area contributed by atoms with Gasteiger partial charge in [-0.05, 0) is 18.2 Å². The van der Waals surface area contributed by atoms with Gasteiger partial charge in [-0.2, -0.15) is 0 Å². The van der Waals surface area contributed by atoms with Crippen LogP contribution in [0.4, 0.5) is 0 Å². The number of fused-ring (bicyclic) bond motifs is 5. The minimum Gasteiger partial charge on any atom is -0.225 e. The lowest BCUT2D eigenvalue weighted by Crippen LogP contribution is -1.68. The maximum atomic E-state index is 6.01. The first-order chi connectivity index (χ1) is 8.33. The highest BCUT2D eigenvalue weighted by molar-refractivity contribution is 7.28. The van der Waals surface area contributed by atoms with Crippen molar-refractivity contribution in [1.29, 1.82) is 0 Å². The minimum absolute atomic E-state index is 0.614. The summed E-state index contributed by atoms with van der Waals surface area (Å²) in [5.41, 5.74) is 0.996. The molecule has 0 atom stereocenters. The van der Waals surface area contributed by atoms with Crippen LogP contribution in [-0.2, 0) is 0 Å². The molecule has 0 aliphatic carbocycles. The lowest BCUT2D eigenvalue weighted by molar-refractivity contribution is 1.51. The molecule has 0 radical (unpaired) electrons. The highest BCUT2D eigenvalue weighted by Crippen LogP contribution is 2.40. The van der Waals surface area contributed by atoms with Crippen molar-refractivity contribution in [2.45, 2.75) is 0 Å². The van der Waals surface area contributed by atoms with E-state index in [4.69, 9.17) is 11.6 Å². The summed E-state index contributed by atoms with van der Waals surface area (Å²) in [6.07, 6.45) is 0. The van der Waals surface area contributed by atoms with E-state index in [0.717, 1.165) is 5.52 Å². The fourth-order valence-electron chi connectivity index (χ4n) is 2.17. The summed E-state index contributed by atoms with van der Waals surface area (Å²) < 4.78 is 4.44. The molecule has 1 nitrogen and oxygen atoms in total. The third-order valence-corrected chi connectivity index (χ3v) is 5.20. The summed E-state index contributed by atoms with van der Waals surface area (Å²) in [5, 5.41) is 2.60. The van der Waals surface area contributed by atoms with Gasteiger partial charge in [0.25, 0.3) is 0 Å². The molecule has 82 valence electrons. The van der Waals surface area contributed by atoms with E-state index >= 15 is 0 Å². The van der Waals surface area contributed by atoms with Crippen LogP contribution < -0.4 is 0 Å². The largest absolute Gasteiger partial charge is 0.225 e. The molecule has 0 fully saturated rings. The Morgan fingerprint density at radius 3 is 2.76 bits per heavy atom. The Labute approximate surface area is 110 Å². The fourth-order valence-corrected chi connectivity index (χ4v) is 4.52. The summed E-state index contributed by atoms with van der Waals surface area (Å²) in [7, 11) is 0. The Balaban J connectivity index is 2.37. The number of halogens is 1. The predicted molar refractivity (Wildman–Crippen MR) is 77.5 cm³/mol. The zero-order valence-corrected chi connectivity index (χ0v) is 11.0. The number of thiazole rings is 1. The molecular weight excluding hydrogens is 270 g/mol. The van der Waals surface area contributed by atoms with E-state index in [1.54, 1.807) is 11.3 Å². The Kier molecular flexibility index (Phi) is 1.98. The number of hydrogen-bond donors (Lipinski definition) is 0. The van der Waals surface area contributed by atoms with E-state index in [1.807, 2.05) is 11.3 Å². The third-order valence-electron chi connectivity index (χ3n) is 2.87. The van der Waals surface area contributed by atoms with Crippen LogP contribution in [0, 0.1) is 0 Å². The van der Waals surface area contributed by atoms with Gasteiger partial charge in [-0.25, -0.2) is 4.98 Å². The van der Waals surface area contributed by atoms with Crippen molar-refractivity contribution in [3.05, 3.63) is 40.9 Å². The Bertz CT molecular complexity index is 860. The van der Waals surface area contributed by atoms with Crippen LogP contribution in [0.3, 0.4) is 0 Å². The number of aromatic nitrogens is 1. The van der Waals surface area contributed by atoms with Gasteiger partial charge in [-0.3, -0.25) is 0 Å². The van der Waals surface area contributed by atoms with Gasteiger partial charge in [0.2, 0.25) is 0 Å². The predicted octanol–water partition coefficient (Wildman–Crippen LogP) is 5.32. The van der Waals surface area contributed by atoms with E-state index in [9.17, 15) is 0 Å². The SMILES string of the molecule is Clc1nc2ccc3sc4ccccc4c3c2s1. The van der Waals surface area contributed by atoms with Crippen LogP contribution in [0.15, 0.2) is 36.4 Å². The van der Waals surface area contributed by atoms with Crippen molar-refractivity contribution in [2.75, 3.05) is 0 Å². The molecule has 4 rings (SSSR count). The van der Waals surface area contributed by atoms with E-state index < -0.39 is 0 Å². The van der Waals surface area contributed by atoms with Crippen LogP contribution in [-0.4, -0.2) is 4.98 Å². The van der Waals surface area contributed by atoms with Crippen molar-refractivity contribution >= 4 is 64.7 Å². The highest BCUT2D eigenvalue weighted by atomic mass is 35.5. The maximum Gasteiger partial charge on any atom is 0.184 e. The first kappa shape index (κ1) is 9.83. The molecule has 2 aromatic heterocycles. The van der Waals surface area contributed by atoms with Gasteiger partial charge >= 0.3 is 0 Å². The number of thiophene rings is 1. The molecule has 0 aliphatic heterocycles. The number of hydrogen-bond acceptors (Lipinski definition) is 3. The molecule has 0 aliphatic rings. The number of nitrogens with zero attached hydrogens (tertiary/aromatic N) is 1. The van der Waals surface area contributed by atoms with Crippen LogP contribution in [0.2, 0.25) is 4.47 Å². The second-order valence-corrected chi connectivity index (χ2v) is 6.52. The molecule has 0 saturated carbocycles. The van der Waals surface area contributed by atoms with E-state index in [0.29, 0.717) is 4.47 Å². The van der Waals surface area contributed by atoms with Crippen LogP contribution in [0.1, 0.15) is 0 Å². The second kappa shape index (κ2) is 3.42. The molecule has 17 heavy (non-hydrogen) atoms. The molecular formula is C13H6ClNS2. The van der Waals surface area contributed by atoms with Gasteiger partial charge in [0.05, 0.1) is 10.2 Å². The van der Waals surface area contributed by atoms with Gasteiger partial charge in [0.1, 0.15) is 0 Å². The molecule has 2 heterocycles. The molecule has 4 heteroatoms. The summed E-state index contributed by atoms with van der Waals surface area (Å²) in [6.45, 7) is 0. The molecule has 4 aromatic rings. The topological polar surface area (TPSA) is 12.9 Å². The van der Waals surface area contributed by atoms with Gasteiger partial charge in [-0.1, -0.05) is 29.8 Å². The second-order valence-electron chi connectivity index (χ2n) is 3.85. The summed E-state index contributed by atoms with van der Waals surface area (Å²) in [5.74, 6) is 0. The zero-order chi connectivity index (χ0) is 11.4. The van der Waals surface area contributed by atoms with Gasteiger partial charge in [0.15, 0.2) is 4.47 Å². The first-order valence-electron chi connectivity index (χ1n) is 5.19. The van der Waals surface area contributed by atoms with Crippen molar-refractivity contribution in [3.63, 3.8) is 0 Å². The Morgan fingerprint density at radius 2 is 1.82 bits per heavy atom. The van der Waals surface area contributed by atoms with Crippen LogP contribution in [0.5, 0.6) is 0 Å². The summed E-state index contributed by atoms with van der Waals surface area (Å²) in [6, 6.07) is 12.7. The molecule has 0 N–H and O–H groups in total. The van der Waals surface area contributed by atoms with Gasteiger partial charge in [0, 0.05) is 20.2 Å². The molecule has 0 spiro atoms. The zero-order valence-electron chi connectivity index (χ0n) is 8.61. The smallest absolute Gasteiger partial charge is 0.184 e. The van der Waals surface area contributed by atoms with Crippen molar-refractivity contribution < 1.29 is 0 Å². The van der Waals surface area contributed by atoms with E-state index in [1.165, 1.54) is 24.9 Å². The summed E-state index contributed by atoms with van der Waals surface area (Å²) >= 11 is 9.40. The van der Waals surface area contributed by atoms with E-state index in [-0.39, 0.29) is 0 Å². The fraction of sp³-hybridized carbons (Fsp3) is 0. The molecule has 0 amide bonds. The Hall–Kier alpha value is -1.16. The molecule has 0 saturated heterocycles. The normalized spacial score (nSPS) is 11.8. The van der Waals surface area contributed by atoms with Crippen LogP contribution in [0.25, 0.3) is 30.4 Å². The monoisotopic (exact) mass is 275 g/mol. The number of rotatable bonds is 0. The average molecular weight is 276 g/mol. The van der Waals surface area contributed by atoms with E-state index in [2.05, 4.69) is 41.4 Å². The number of benzene rings is 2. The van der Waals surface area contributed by atoms with Crippen molar-refractivity contribution in [3.8, 4) is 0 Å². The molecule has 0 bridgehead atoms. The lowest BCUT2D eigenvalue weighted by atomic mass is 10.1. The third kappa shape index (κ3) is 1.33. The average Bonchev–Trinajstić information content (AvgIpc) is 2.87. The van der Waals surface area contributed by atoms with Gasteiger partial charge < -0.3 is 0 Å².